The van der Waals surface area contributed by atoms with Gasteiger partial charge in [-0.05, 0) is 49.7 Å². The van der Waals surface area contributed by atoms with Crippen LogP contribution >= 0.6 is 0 Å². The van der Waals surface area contributed by atoms with Gasteiger partial charge in [-0.3, -0.25) is 9.69 Å². The molecule has 7 nitrogen and oxygen atoms in total. The van der Waals surface area contributed by atoms with Crippen molar-refractivity contribution in [2.75, 3.05) is 25.1 Å². The lowest BCUT2D eigenvalue weighted by molar-refractivity contribution is 0.128. The molecular formula is C30H29F2N5O2. The predicted octanol–water partition coefficient (Wildman–Crippen LogP) is 5.46. The summed E-state index contributed by atoms with van der Waals surface area (Å²) in [6, 6.07) is 15.4. The monoisotopic (exact) mass is 529 g/mol. The standard InChI is InChI=1S/C30H29F2N5O2/c1-18-17-37(30(20-6-8-21(31)9-7-20)23-11-10-22(32)14-26(23)39-5)19(2)16-36(18)25-15-28(38)35(4)24-12-13-27(33-3)34-29(24)25/h6-15,18-19,30H,16-17H2,1-2,4-5H3/t18-,19+,30?/m0/s1. The Labute approximate surface area is 225 Å². The number of hydrogen-bond acceptors (Lipinski definition) is 5. The molecule has 0 bridgehead atoms. The van der Waals surface area contributed by atoms with Gasteiger partial charge >= 0.3 is 0 Å². The average Bonchev–Trinajstić information content (AvgIpc) is 2.94. The maximum atomic E-state index is 14.1. The van der Waals surface area contributed by atoms with Crippen LogP contribution in [0.1, 0.15) is 31.0 Å². The van der Waals surface area contributed by atoms with Crippen LogP contribution in [-0.4, -0.2) is 46.7 Å². The highest BCUT2D eigenvalue weighted by molar-refractivity contribution is 5.89. The Hall–Kier alpha value is -4.29. The van der Waals surface area contributed by atoms with Gasteiger partial charge in [0, 0.05) is 49.9 Å². The Kier molecular flexibility index (Phi) is 7.06. The van der Waals surface area contributed by atoms with Crippen molar-refractivity contribution in [3.8, 4) is 5.75 Å². The molecule has 200 valence electrons. The molecule has 3 atom stereocenters. The van der Waals surface area contributed by atoms with Gasteiger partial charge in [0.1, 0.15) is 17.4 Å². The second-order valence-corrected chi connectivity index (χ2v) is 9.96. The summed E-state index contributed by atoms with van der Waals surface area (Å²) in [5.41, 5.74) is 3.44. The number of pyridine rings is 2. The fourth-order valence-electron chi connectivity index (χ4n) is 5.54. The van der Waals surface area contributed by atoms with Crippen molar-refractivity contribution in [1.82, 2.24) is 14.5 Å². The van der Waals surface area contributed by atoms with Crippen molar-refractivity contribution in [3.63, 3.8) is 0 Å². The topological polar surface area (TPSA) is 55.0 Å². The number of piperazine rings is 1. The third kappa shape index (κ3) is 4.84. The first-order chi connectivity index (χ1) is 18.7. The van der Waals surface area contributed by atoms with E-state index in [0.29, 0.717) is 35.6 Å². The Morgan fingerprint density at radius 1 is 1.00 bits per heavy atom. The number of fused-ring (bicyclic) bond motifs is 1. The highest BCUT2D eigenvalue weighted by atomic mass is 19.1. The molecule has 0 aliphatic carbocycles. The molecule has 4 aromatic rings. The zero-order chi connectivity index (χ0) is 27.8. The number of anilines is 1. The summed E-state index contributed by atoms with van der Waals surface area (Å²) in [6.07, 6.45) is 0. The maximum Gasteiger partial charge on any atom is 0.270 e. The van der Waals surface area contributed by atoms with Gasteiger partial charge in [0.25, 0.3) is 11.4 Å². The van der Waals surface area contributed by atoms with Crippen molar-refractivity contribution >= 4 is 22.5 Å². The molecule has 0 amide bonds. The first-order valence-corrected chi connectivity index (χ1v) is 12.7. The molecular weight excluding hydrogens is 500 g/mol. The molecule has 2 aromatic heterocycles. The van der Waals surface area contributed by atoms with Crippen LogP contribution in [0.4, 0.5) is 20.3 Å². The summed E-state index contributed by atoms with van der Waals surface area (Å²) >= 11 is 0. The van der Waals surface area contributed by atoms with E-state index in [0.717, 1.165) is 11.1 Å². The van der Waals surface area contributed by atoms with E-state index in [1.54, 1.807) is 43.4 Å². The third-order valence-electron chi connectivity index (χ3n) is 7.52. The first-order valence-electron chi connectivity index (χ1n) is 12.7. The number of halogens is 2. The van der Waals surface area contributed by atoms with Gasteiger partial charge in [0.05, 0.1) is 24.4 Å². The van der Waals surface area contributed by atoms with Crippen molar-refractivity contribution < 1.29 is 13.5 Å². The van der Waals surface area contributed by atoms with Crippen molar-refractivity contribution in [2.45, 2.75) is 32.0 Å². The van der Waals surface area contributed by atoms with Crippen LogP contribution in [-0.2, 0) is 7.05 Å². The highest BCUT2D eigenvalue weighted by Gasteiger charge is 2.37. The molecule has 1 unspecified atom stereocenters. The minimum absolute atomic E-state index is 0.0332. The van der Waals surface area contributed by atoms with E-state index in [1.807, 2.05) is 0 Å². The quantitative estimate of drug-likeness (QED) is 0.322. The minimum atomic E-state index is -0.400. The molecule has 1 aliphatic rings. The minimum Gasteiger partial charge on any atom is -0.496 e. The van der Waals surface area contributed by atoms with E-state index in [9.17, 15) is 13.6 Å². The van der Waals surface area contributed by atoms with Gasteiger partial charge in [-0.15, -0.1) is 4.98 Å². The summed E-state index contributed by atoms with van der Waals surface area (Å²) in [5.74, 6) is -0.0521. The molecule has 3 heterocycles. The number of aryl methyl sites for hydroxylation is 1. The zero-order valence-corrected chi connectivity index (χ0v) is 22.2. The fraction of sp³-hybridized carbons (Fsp3) is 0.300. The lowest BCUT2D eigenvalue weighted by Crippen LogP contribution is -2.57. The number of nitrogens with zero attached hydrogens (tertiary/aromatic N) is 5. The van der Waals surface area contributed by atoms with Gasteiger partial charge in [0.15, 0.2) is 0 Å². The largest absolute Gasteiger partial charge is 0.496 e. The second kappa shape index (κ2) is 10.5. The summed E-state index contributed by atoms with van der Waals surface area (Å²) in [7, 11) is 3.20. The molecule has 39 heavy (non-hydrogen) atoms. The van der Waals surface area contributed by atoms with Crippen LogP contribution in [0, 0.1) is 18.2 Å². The van der Waals surface area contributed by atoms with E-state index in [1.165, 1.54) is 35.9 Å². The van der Waals surface area contributed by atoms with E-state index >= 15 is 0 Å². The zero-order valence-electron chi connectivity index (χ0n) is 22.2. The van der Waals surface area contributed by atoms with Crippen molar-refractivity contribution in [2.24, 2.45) is 7.05 Å². The summed E-state index contributed by atoms with van der Waals surface area (Å²) in [6.45, 7) is 12.7. The lowest BCUT2D eigenvalue weighted by Gasteiger charge is -2.48. The Morgan fingerprint density at radius 3 is 2.41 bits per heavy atom. The average molecular weight is 530 g/mol. The molecule has 1 saturated heterocycles. The van der Waals surface area contributed by atoms with Gasteiger partial charge in [0.2, 0.25) is 5.52 Å². The Morgan fingerprint density at radius 2 is 1.72 bits per heavy atom. The number of benzene rings is 2. The van der Waals surface area contributed by atoms with Crippen molar-refractivity contribution in [1.29, 1.82) is 0 Å². The van der Waals surface area contributed by atoms with Gasteiger partial charge < -0.3 is 19.0 Å². The smallest absolute Gasteiger partial charge is 0.270 e. The maximum absolute atomic E-state index is 14.1. The lowest BCUT2D eigenvalue weighted by atomic mass is 9.92. The molecule has 1 aliphatic heterocycles. The molecule has 2 aromatic carbocycles. The molecule has 5 rings (SSSR count). The summed E-state index contributed by atoms with van der Waals surface area (Å²) in [5, 5.41) is 0. The van der Waals surface area contributed by atoms with E-state index in [-0.39, 0.29) is 35.3 Å². The fourth-order valence-corrected chi connectivity index (χ4v) is 5.54. The van der Waals surface area contributed by atoms with Crippen LogP contribution in [0.5, 0.6) is 5.75 Å². The normalized spacial score (nSPS) is 18.6. The van der Waals surface area contributed by atoms with Crippen molar-refractivity contribution in [3.05, 3.63) is 105 Å². The van der Waals surface area contributed by atoms with Crippen LogP contribution in [0.15, 0.2) is 65.5 Å². The molecule has 1 fully saturated rings. The number of ether oxygens (including phenoxy) is 1. The molecule has 9 heteroatoms. The van der Waals surface area contributed by atoms with Gasteiger partial charge in [-0.2, -0.15) is 0 Å². The SMILES string of the molecule is [C-]#[N+]c1ccc2c(n1)c(N1C[C@@H](C)N(C(c3ccc(F)cc3)c3ccc(F)cc3OC)C[C@@H]1C)cc(=O)n2C. The number of rotatable bonds is 5. The first kappa shape index (κ1) is 26.3. The summed E-state index contributed by atoms with van der Waals surface area (Å²) < 4.78 is 35.1. The Bertz CT molecular complexity index is 1630. The number of methoxy groups -OCH3 is 1. The van der Waals surface area contributed by atoms with E-state index in [4.69, 9.17) is 11.3 Å². The highest BCUT2D eigenvalue weighted by Crippen LogP contribution is 2.39. The molecule has 0 N–H and O–H groups in total. The predicted molar refractivity (Wildman–Crippen MR) is 147 cm³/mol. The third-order valence-corrected chi connectivity index (χ3v) is 7.52. The van der Waals surface area contributed by atoms with E-state index in [2.05, 4.69) is 33.5 Å². The molecule has 0 radical (unpaired) electrons. The number of aromatic nitrogens is 2. The van der Waals surface area contributed by atoms with Gasteiger partial charge in [-0.25, -0.2) is 8.78 Å². The van der Waals surface area contributed by atoms with Crippen LogP contribution in [0.2, 0.25) is 0 Å². The Balaban J connectivity index is 1.58. The van der Waals surface area contributed by atoms with Crippen LogP contribution in [0.25, 0.3) is 15.9 Å². The van der Waals surface area contributed by atoms with Crippen LogP contribution < -0.4 is 15.2 Å². The summed E-state index contributed by atoms with van der Waals surface area (Å²) in [4.78, 5) is 25.4. The second-order valence-electron chi connectivity index (χ2n) is 9.96. The molecule has 0 saturated carbocycles. The van der Waals surface area contributed by atoms with Crippen LogP contribution in [0.3, 0.4) is 0 Å². The number of hydrogen-bond donors (Lipinski definition) is 0. The van der Waals surface area contributed by atoms with Gasteiger partial charge in [-0.1, -0.05) is 24.8 Å². The van der Waals surface area contributed by atoms with E-state index < -0.39 is 5.82 Å². The molecule has 0 spiro atoms.